The van der Waals surface area contributed by atoms with Crippen LogP contribution in [0.15, 0.2) is 33.7 Å². The molecule has 8 nitrogen and oxygen atoms in total. The number of carbonyl (C=O) groups is 1. The van der Waals surface area contributed by atoms with Crippen LogP contribution in [0.4, 0.5) is 10.1 Å². The third kappa shape index (κ3) is 4.56. The van der Waals surface area contributed by atoms with Crippen LogP contribution in [-0.2, 0) is 14.8 Å². The number of carbonyl (C=O) groups excluding carboxylic acids is 1. The highest BCUT2D eigenvalue weighted by molar-refractivity contribution is 7.89. The number of aryl methyl sites for hydroxylation is 2. The number of rotatable bonds is 5. The molecule has 4 rings (SSSR count). The molecule has 32 heavy (non-hydrogen) atoms. The minimum atomic E-state index is -3.82. The van der Waals surface area contributed by atoms with Gasteiger partial charge in [-0.15, -0.1) is 11.3 Å². The lowest BCUT2D eigenvalue weighted by molar-refractivity contribution is -0.120. The highest BCUT2D eigenvalue weighted by atomic mass is 35.5. The first-order valence-electron chi connectivity index (χ1n) is 9.82. The van der Waals surface area contributed by atoms with E-state index in [4.69, 9.17) is 16.1 Å². The van der Waals surface area contributed by atoms with Crippen molar-refractivity contribution in [3.63, 3.8) is 0 Å². The van der Waals surface area contributed by atoms with E-state index in [9.17, 15) is 17.6 Å². The summed E-state index contributed by atoms with van der Waals surface area (Å²) in [6.07, 6.45) is 1.09. The third-order valence-electron chi connectivity index (χ3n) is 5.18. The molecule has 1 saturated heterocycles. The molecule has 1 aromatic carbocycles. The van der Waals surface area contributed by atoms with Gasteiger partial charge in [0.05, 0.1) is 20.7 Å². The van der Waals surface area contributed by atoms with Gasteiger partial charge in [-0.2, -0.15) is 9.29 Å². The fraction of sp³-hybridized carbons (Fsp3) is 0.350. The Morgan fingerprint density at radius 2 is 2.12 bits per heavy atom. The van der Waals surface area contributed by atoms with E-state index in [0.717, 1.165) is 6.07 Å². The van der Waals surface area contributed by atoms with Gasteiger partial charge in [0.15, 0.2) is 0 Å². The SMILES string of the molecule is Cc1nc(-c2cc(S(=O)(=O)N3CCC[C@@H](C(=O)Nc4ccc(F)c(Cl)c4)C3)c(C)s2)no1. The minimum Gasteiger partial charge on any atom is -0.339 e. The maximum atomic E-state index is 13.3. The van der Waals surface area contributed by atoms with E-state index in [0.29, 0.717) is 46.5 Å². The van der Waals surface area contributed by atoms with Crippen LogP contribution < -0.4 is 5.32 Å². The normalized spacial score (nSPS) is 17.4. The molecule has 12 heteroatoms. The van der Waals surface area contributed by atoms with Crippen LogP contribution in [0.25, 0.3) is 10.7 Å². The van der Waals surface area contributed by atoms with E-state index < -0.39 is 21.8 Å². The number of hydrogen-bond donors (Lipinski definition) is 1. The van der Waals surface area contributed by atoms with Crippen molar-refractivity contribution in [3.8, 4) is 10.7 Å². The number of aromatic nitrogens is 2. The first-order valence-corrected chi connectivity index (χ1v) is 12.5. The molecule has 1 N–H and O–H groups in total. The Morgan fingerprint density at radius 1 is 1.34 bits per heavy atom. The molecule has 170 valence electrons. The molecule has 0 spiro atoms. The largest absolute Gasteiger partial charge is 0.339 e. The zero-order chi connectivity index (χ0) is 23.0. The van der Waals surface area contributed by atoms with Crippen molar-refractivity contribution >= 4 is 44.6 Å². The van der Waals surface area contributed by atoms with Crippen LogP contribution in [0.2, 0.25) is 5.02 Å². The maximum absolute atomic E-state index is 13.3. The topological polar surface area (TPSA) is 105 Å². The lowest BCUT2D eigenvalue weighted by Crippen LogP contribution is -2.43. The number of nitrogens with zero attached hydrogens (tertiary/aromatic N) is 3. The number of anilines is 1. The number of thiophene rings is 1. The number of piperidine rings is 1. The number of nitrogens with one attached hydrogen (secondary N) is 1. The van der Waals surface area contributed by atoms with Gasteiger partial charge in [-0.25, -0.2) is 12.8 Å². The van der Waals surface area contributed by atoms with Crippen molar-refractivity contribution in [1.82, 2.24) is 14.4 Å². The van der Waals surface area contributed by atoms with Crippen LogP contribution in [0.3, 0.4) is 0 Å². The van der Waals surface area contributed by atoms with E-state index >= 15 is 0 Å². The summed E-state index contributed by atoms with van der Waals surface area (Å²) in [7, 11) is -3.82. The van der Waals surface area contributed by atoms with Gasteiger partial charge < -0.3 is 9.84 Å². The molecule has 1 amide bonds. The zero-order valence-electron chi connectivity index (χ0n) is 17.3. The molecule has 2 aromatic heterocycles. The number of amides is 1. The Bertz CT molecular complexity index is 1270. The van der Waals surface area contributed by atoms with Crippen molar-refractivity contribution in [1.29, 1.82) is 0 Å². The molecular weight excluding hydrogens is 479 g/mol. The van der Waals surface area contributed by atoms with Gasteiger partial charge in [0.2, 0.25) is 27.6 Å². The monoisotopic (exact) mass is 498 g/mol. The number of sulfonamides is 1. The maximum Gasteiger partial charge on any atom is 0.244 e. The van der Waals surface area contributed by atoms with Crippen molar-refractivity contribution < 1.29 is 22.1 Å². The van der Waals surface area contributed by atoms with Gasteiger partial charge in [0.25, 0.3) is 0 Å². The van der Waals surface area contributed by atoms with Crippen LogP contribution in [0, 0.1) is 25.6 Å². The quantitative estimate of drug-likeness (QED) is 0.563. The zero-order valence-corrected chi connectivity index (χ0v) is 19.7. The van der Waals surface area contributed by atoms with Crippen LogP contribution >= 0.6 is 22.9 Å². The molecule has 3 heterocycles. The van der Waals surface area contributed by atoms with Gasteiger partial charge in [0, 0.05) is 30.6 Å². The summed E-state index contributed by atoms with van der Waals surface area (Å²) < 4.78 is 46.4. The Hall–Kier alpha value is -2.34. The first kappa shape index (κ1) is 22.8. The number of benzene rings is 1. The summed E-state index contributed by atoms with van der Waals surface area (Å²) in [5, 5.41) is 6.45. The van der Waals surface area contributed by atoms with E-state index in [1.165, 1.54) is 27.8 Å². The molecule has 0 radical (unpaired) electrons. The summed E-state index contributed by atoms with van der Waals surface area (Å²) in [6.45, 7) is 3.75. The van der Waals surface area contributed by atoms with Crippen molar-refractivity contribution in [2.75, 3.05) is 18.4 Å². The van der Waals surface area contributed by atoms with E-state index in [1.54, 1.807) is 19.9 Å². The van der Waals surface area contributed by atoms with E-state index in [2.05, 4.69) is 15.5 Å². The molecule has 1 aliphatic rings. The van der Waals surface area contributed by atoms with Crippen molar-refractivity contribution in [3.05, 3.63) is 45.9 Å². The van der Waals surface area contributed by atoms with Gasteiger partial charge in [-0.3, -0.25) is 4.79 Å². The summed E-state index contributed by atoms with van der Waals surface area (Å²) in [6, 6.07) is 5.44. The second-order valence-corrected chi connectivity index (χ2v) is 11.1. The summed E-state index contributed by atoms with van der Waals surface area (Å²) in [5.74, 6) is -0.729. The van der Waals surface area contributed by atoms with E-state index in [-0.39, 0.29) is 22.4 Å². The van der Waals surface area contributed by atoms with Gasteiger partial charge in [-0.1, -0.05) is 16.8 Å². The molecule has 0 bridgehead atoms. The Kier molecular flexibility index (Phi) is 6.35. The van der Waals surface area contributed by atoms with Gasteiger partial charge in [0.1, 0.15) is 5.82 Å². The number of hydrogen-bond acceptors (Lipinski definition) is 7. The molecule has 3 aromatic rings. The molecule has 1 fully saturated rings. The summed E-state index contributed by atoms with van der Waals surface area (Å²) >= 11 is 7.04. The lowest BCUT2D eigenvalue weighted by Gasteiger charge is -2.31. The summed E-state index contributed by atoms with van der Waals surface area (Å²) in [4.78, 5) is 18.3. The average Bonchev–Trinajstić information content (AvgIpc) is 3.36. The van der Waals surface area contributed by atoms with Gasteiger partial charge >= 0.3 is 0 Å². The van der Waals surface area contributed by atoms with Crippen LogP contribution in [0.1, 0.15) is 23.6 Å². The standard InChI is InChI=1S/C20H20ClFN4O4S2/c1-11-18(9-17(31-11)19-23-12(2)30-25-19)32(28,29)26-7-3-4-13(10-26)20(27)24-14-5-6-16(22)15(21)8-14/h5-6,8-9,13H,3-4,7,10H2,1-2H3,(H,24,27)/t13-/m1/s1. The molecular formula is C20H20ClFN4O4S2. The smallest absolute Gasteiger partial charge is 0.244 e. The van der Waals surface area contributed by atoms with Crippen molar-refractivity contribution in [2.45, 2.75) is 31.6 Å². The second kappa shape index (κ2) is 8.89. The van der Waals surface area contributed by atoms with Gasteiger partial charge in [-0.05, 0) is 44.0 Å². The molecule has 1 aliphatic heterocycles. The predicted octanol–water partition coefficient (Wildman–Crippen LogP) is 4.25. The molecule has 0 saturated carbocycles. The highest BCUT2D eigenvalue weighted by Crippen LogP contribution is 2.35. The Labute approximate surface area is 193 Å². The molecule has 0 aliphatic carbocycles. The first-order chi connectivity index (χ1) is 15.1. The number of halogens is 2. The van der Waals surface area contributed by atoms with Crippen LogP contribution in [0.5, 0.6) is 0 Å². The third-order valence-corrected chi connectivity index (χ3v) is 8.64. The van der Waals surface area contributed by atoms with Crippen LogP contribution in [-0.4, -0.2) is 41.9 Å². The molecule has 1 atom stereocenters. The minimum absolute atomic E-state index is 0.0506. The fourth-order valence-corrected chi connectivity index (χ4v) is 6.75. The highest BCUT2D eigenvalue weighted by Gasteiger charge is 2.35. The Morgan fingerprint density at radius 3 is 2.81 bits per heavy atom. The lowest BCUT2D eigenvalue weighted by atomic mass is 9.99. The Balaban J connectivity index is 1.51. The second-order valence-electron chi connectivity index (χ2n) is 7.49. The average molecular weight is 499 g/mol. The molecule has 0 unspecified atom stereocenters. The predicted molar refractivity (Wildman–Crippen MR) is 119 cm³/mol. The van der Waals surface area contributed by atoms with E-state index in [1.807, 2.05) is 0 Å². The van der Waals surface area contributed by atoms with Crippen molar-refractivity contribution in [2.24, 2.45) is 5.92 Å². The fourth-order valence-electron chi connectivity index (χ4n) is 3.56. The summed E-state index contributed by atoms with van der Waals surface area (Å²) in [5.41, 5.74) is 0.357.